The summed E-state index contributed by atoms with van der Waals surface area (Å²) in [7, 11) is 3.04. The highest BCUT2D eigenvalue weighted by atomic mass is 16.6. The second-order valence-electron chi connectivity index (χ2n) is 5.03. The maximum absolute atomic E-state index is 12.2. The van der Waals surface area contributed by atoms with Crippen molar-refractivity contribution in [1.82, 2.24) is 5.32 Å². The van der Waals surface area contributed by atoms with E-state index >= 15 is 0 Å². The number of benzene rings is 2. The van der Waals surface area contributed by atoms with Gasteiger partial charge in [-0.1, -0.05) is 12.1 Å². The predicted molar refractivity (Wildman–Crippen MR) is 88.7 cm³/mol. The highest BCUT2D eigenvalue weighted by Crippen LogP contribution is 2.22. The van der Waals surface area contributed by atoms with Crippen LogP contribution in [0.25, 0.3) is 0 Å². The van der Waals surface area contributed by atoms with Gasteiger partial charge in [0.15, 0.2) is 0 Å². The van der Waals surface area contributed by atoms with Gasteiger partial charge in [-0.05, 0) is 24.1 Å². The number of nitrogens with one attached hydrogen (secondary N) is 1. The van der Waals surface area contributed by atoms with Crippen LogP contribution in [-0.2, 0) is 6.42 Å². The molecule has 1 amide bonds. The number of carbonyl (C=O) groups excluding carboxylic acids is 1. The lowest BCUT2D eigenvalue weighted by Crippen LogP contribution is -2.25. The molecule has 2 rings (SSSR count). The molecule has 7 nitrogen and oxygen atoms in total. The molecule has 7 heteroatoms. The van der Waals surface area contributed by atoms with Crippen molar-refractivity contribution in [3.63, 3.8) is 0 Å². The van der Waals surface area contributed by atoms with Crippen molar-refractivity contribution in [2.24, 2.45) is 0 Å². The van der Waals surface area contributed by atoms with Crippen LogP contribution in [0, 0.1) is 10.1 Å². The molecule has 0 aromatic heterocycles. The van der Waals surface area contributed by atoms with Crippen LogP contribution >= 0.6 is 0 Å². The first kappa shape index (κ1) is 17.3. The van der Waals surface area contributed by atoms with Crippen molar-refractivity contribution >= 4 is 11.6 Å². The maximum atomic E-state index is 12.2. The van der Waals surface area contributed by atoms with Crippen molar-refractivity contribution in [2.75, 3.05) is 20.8 Å². The molecule has 0 unspecified atom stereocenters. The number of hydrogen-bond donors (Lipinski definition) is 1. The molecule has 0 radical (unpaired) electrons. The Morgan fingerprint density at radius 2 is 1.67 bits per heavy atom. The molecule has 0 saturated heterocycles. The van der Waals surface area contributed by atoms with E-state index in [2.05, 4.69) is 5.32 Å². The average Bonchev–Trinajstić information content (AvgIpc) is 2.61. The van der Waals surface area contributed by atoms with Gasteiger partial charge in [-0.15, -0.1) is 0 Å². The maximum Gasteiger partial charge on any atom is 0.269 e. The van der Waals surface area contributed by atoms with E-state index in [1.54, 1.807) is 30.3 Å². The van der Waals surface area contributed by atoms with E-state index in [0.29, 0.717) is 30.0 Å². The lowest BCUT2D eigenvalue weighted by Gasteiger charge is -2.09. The molecule has 1 N–H and O–H groups in total. The Labute approximate surface area is 139 Å². The van der Waals surface area contributed by atoms with E-state index in [0.717, 1.165) is 5.56 Å². The van der Waals surface area contributed by atoms with Gasteiger partial charge in [0.05, 0.1) is 19.1 Å². The Balaban J connectivity index is 1.94. The van der Waals surface area contributed by atoms with Crippen LogP contribution in [0.5, 0.6) is 11.5 Å². The van der Waals surface area contributed by atoms with Crippen molar-refractivity contribution in [3.8, 4) is 11.5 Å². The van der Waals surface area contributed by atoms with Crippen LogP contribution in [0.1, 0.15) is 15.9 Å². The number of methoxy groups -OCH3 is 2. The molecule has 24 heavy (non-hydrogen) atoms. The molecule has 0 aliphatic carbocycles. The molecule has 0 atom stereocenters. The number of amides is 1. The molecule has 2 aromatic rings. The van der Waals surface area contributed by atoms with Gasteiger partial charge in [0, 0.05) is 30.3 Å². The summed E-state index contributed by atoms with van der Waals surface area (Å²) in [5, 5.41) is 13.4. The zero-order valence-corrected chi connectivity index (χ0v) is 13.4. The lowest BCUT2D eigenvalue weighted by atomic mass is 10.1. The first-order valence-corrected chi connectivity index (χ1v) is 7.28. The van der Waals surface area contributed by atoms with Crippen molar-refractivity contribution < 1.29 is 19.2 Å². The second-order valence-corrected chi connectivity index (χ2v) is 5.03. The lowest BCUT2D eigenvalue weighted by molar-refractivity contribution is -0.384. The first-order valence-electron chi connectivity index (χ1n) is 7.28. The molecule has 0 bridgehead atoms. The van der Waals surface area contributed by atoms with E-state index < -0.39 is 4.92 Å². The second kappa shape index (κ2) is 7.96. The van der Waals surface area contributed by atoms with E-state index in [1.165, 1.54) is 26.4 Å². The Bertz CT molecular complexity index is 706. The van der Waals surface area contributed by atoms with Gasteiger partial charge in [0.2, 0.25) is 0 Å². The summed E-state index contributed by atoms with van der Waals surface area (Å²) < 4.78 is 10.3. The standard InChI is InChI=1S/C17H18N2O5/c1-23-15-9-13(10-16(11-15)24-2)17(20)18-8-7-12-3-5-14(6-4-12)19(21)22/h3-6,9-11H,7-8H2,1-2H3,(H,18,20). The third-order valence-electron chi connectivity index (χ3n) is 3.46. The van der Waals surface area contributed by atoms with Gasteiger partial charge in [-0.2, -0.15) is 0 Å². The highest BCUT2D eigenvalue weighted by molar-refractivity contribution is 5.95. The zero-order chi connectivity index (χ0) is 17.5. The number of hydrogen-bond acceptors (Lipinski definition) is 5. The number of nitro benzene ring substituents is 1. The van der Waals surface area contributed by atoms with Crippen molar-refractivity contribution in [3.05, 3.63) is 63.7 Å². The van der Waals surface area contributed by atoms with E-state index in [4.69, 9.17) is 9.47 Å². The average molecular weight is 330 g/mol. The Hall–Kier alpha value is -3.09. The molecule has 0 fully saturated rings. The number of ether oxygens (including phenoxy) is 2. The molecule has 0 aliphatic rings. The SMILES string of the molecule is COc1cc(OC)cc(C(=O)NCCc2ccc([N+](=O)[O-])cc2)c1. The fourth-order valence-corrected chi connectivity index (χ4v) is 2.15. The number of nitro groups is 1. The highest BCUT2D eigenvalue weighted by Gasteiger charge is 2.10. The molecule has 2 aromatic carbocycles. The predicted octanol–water partition coefficient (Wildman–Crippen LogP) is 2.58. The molecular formula is C17H18N2O5. The fourth-order valence-electron chi connectivity index (χ4n) is 2.15. The van der Waals surface area contributed by atoms with Crippen LogP contribution in [0.3, 0.4) is 0 Å². The van der Waals surface area contributed by atoms with E-state index in [-0.39, 0.29) is 11.6 Å². The van der Waals surface area contributed by atoms with Crippen molar-refractivity contribution in [2.45, 2.75) is 6.42 Å². The van der Waals surface area contributed by atoms with Gasteiger partial charge in [-0.25, -0.2) is 0 Å². The van der Waals surface area contributed by atoms with Gasteiger partial charge in [0.1, 0.15) is 11.5 Å². The van der Waals surface area contributed by atoms with Gasteiger partial charge in [0.25, 0.3) is 11.6 Å². The summed E-state index contributed by atoms with van der Waals surface area (Å²) in [5.41, 5.74) is 1.39. The number of nitrogens with zero attached hydrogens (tertiary/aromatic N) is 1. The first-order chi connectivity index (χ1) is 11.5. The zero-order valence-electron chi connectivity index (χ0n) is 13.4. The monoisotopic (exact) mass is 330 g/mol. The van der Waals surface area contributed by atoms with Crippen LogP contribution < -0.4 is 14.8 Å². The third kappa shape index (κ3) is 4.45. The fraction of sp³-hybridized carbons (Fsp3) is 0.235. The van der Waals surface area contributed by atoms with Gasteiger partial charge < -0.3 is 14.8 Å². The molecule has 0 saturated carbocycles. The quantitative estimate of drug-likeness (QED) is 0.622. The van der Waals surface area contributed by atoms with Crippen molar-refractivity contribution in [1.29, 1.82) is 0 Å². The van der Waals surface area contributed by atoms with E-state index in [1.807, 2.05) is 0 Å². The molecule has 0 spiro atoms. The summed E-state index contributed by atoms with van der Waals surface area (Å²) in [6.07, 6.45) is 0.574. The summed E-state index contributed by atoms with van der Waals surface area (Å²) in [5.74, 6) is 0.832. The van der Waals surface area contributed by atoms with Gasteiger partial charge in [-0.3, -0.25) is 14.9 Å². The minimum atomic E-state index is -0.443. The summed E-state index contributed by atoms with van der Waals surface area (Å²) >= 11 is 0. The Morgan fingerprint density at radius 1 is 1.08 bits per heavy atom. The summed E-state index contributed by atoms with van der Waals surface area (Å²) in [6, 6.07) is 11.2. The topological polar surface area (TPSA) is 90.7 Å². The van der Waals surface area contributed by atoms with Crippen LogP contribution in [-0.4, -0.2) is 31.6 Å². The molecule has 126 valence electrons. The molecule has 0 aliphatic heterocycles. The summed E-state index contributed by atoms with van der Waals surface area (Å²) in [4.78, 5) is 22.4. The van der Waals surface area contributed by atoms with Crippen LogP contribution in [0.2, 0.25) is 0 Å². The minimum Gasteiger partial charge on any atom is -0.497 e. The molecular weight excluding hydrogens is 312 g/mol. The molecule has 0 heterocycles. The van der Waals surface area contributed by atoms with Gasteiger partial charge >= 0.3 is 0 Å². The Kier molecular flexibility index (Phi) is 5.73. The minimum absolute atomic E-state index is 0.0475. The number of rotatable bonds is 7. The van der Waals surface area contributed by atoms with Crippen LogP contribution in [0.4, 0.5) is 5.69 Å². The largest absolute Gasteiger partial charge is 0.497 e. The smallest absolute Gasteiger partial charge is 0.269 e. The number of non-ortho nitro benzene ring substituents is 1. The Morgan fingerprint density at radius 3 is 2.17 bits per heavy atom. The third-order valence-corrected chi connectivity index (χ3v) is 3.46. The summed E-state index contributed by atoms with van der Waals surface area (Å²) in [6.45, 7) is 0.413. The normalized spacial score (nSPS) is 10.1. The van der Waals surface area contributed by atoms with Crippen LogP contribution in [0.15, 0.2) is 42.5 Å². The van der Waals surface area contributed by atoms with E-state index in [9.17, 15) is 14.9 Å². The number of carbonyl (C=O) groups is 1.